The Kier molecular flexibility index (Phi) is 7.35. The van der Waals surface area contributed by atoms with Gasteiger partial charge in [0.05, 0.1) is 19.4 Å². The first kappa shape index (κ1) is 25.7. The number of nitrogens with one attached hydrogen (secondary N) is 2. The molecule has 1 aliphatic heterocycles. The van der Waals surface area contributed by atoms with Crippen molar-refractivity contribution in [1.82, 2.24) is 10.2 Å². The fraction of sp³-hybridized carbons (Fsp3) is 0.138. The molecule has 2 atom stereocenters. The van der Waals surface area contributed by atoms with Gasteiger partial charge in [0.25, 0.3) is 5.91 Å². The van der Waals surface area contributed by atoms with Crippen molar-refractivity contribution in [1.29, 1.82) is 0 Å². The molecule has 0 radical (unpaired) electrons. The lowest BCUT2D eigenvalue weighted by atomic mass is 10.00. The minimum atomic E-state index is -1.03. The van der Waals surface area contributed by atoms with Gasteiger partial charge < -0.3 is 19.8 Å². The van der Waals surface area contributed by atoms with Crippen molar-refractivity contribution < 1.29 is 32.3 Å². The van der Waals surface area contributed by atoms with Crippen LogP contribution in [0, 0.1) is 11.6 Å². The molecule has 1 aliphatic rings. The van der Waals surface area contributed by atoms with E-state index in [1.807, 2.05) is 0 Å². The number of rotatable bonds is 8. The van der Waals surface area contributed by atoms with Gasteiger partial charge in [-0.05, 0) is 71.8 Å². The van der Waals surface area contributed by atoms with E-state index in [9.17, 15) is 23.2 Å². The standard InChI is InChI=1S/C29H23F2N3O5/c30-21-9-3-18(4-10-21)17-34-25(28(36)32-16-24-2-1-15-38-24)26(39-29(34)37)19-7-13-23(14-8-19)33-27(35)20-5-11-22(31)12-6-20/h1-15,25-26H,16-17H2,(H,32,36)(H,33,35). The molecule has 0 spiro atoms. The molecule has 4 aromatic rings. The summed E-state index contributed by atoms with van der Waals surface area (Å²) in [6.07, 6.45) is -0.156. The Balaban J connectivity index is 1.35. The molecule has 2 unspecified atom stereocenters. The number of carbonyl (C=O) groups excluding carboxylic acids is 3. The highest BCUT2D eigenvalue weighted by atomic mass is 19.1. The number of furan rings is 1. The maximum atomic E-state index is 13.4. The smallest absolute Gasteiger partial charge is 0.411 e. The number of ether oxygens (including phenoxy) is 1. The summed E-state index contributed by atoms with van der Waals surface area (Å²) in [6.45, 7) is 0.141. The molecule has 198 valence electrons. The van der Waals surface area contributed by atoms with E-state index >= 15 is 0 Å². The first-order valence-electron chi connectivity index (χ1n) is 12.1. The van der Waals surface area contributed by atoms with Crippen LogP contribution in [0.3, 0.4) is 0 Å². The first-order chi connectivity index (χ1) is 18.9. The van der Waals surface area contributed by atoms with Crippen molar-refractivity contribution in [3.63, 3.8) is 0 Å². The molecule has 0 saturated carbocycles. The van der Waals surface area contributed by atoms with Crippen LogP contribution in [-0.4, -0.2) is 28.8 Å². The molecule has 3 aromatic carbocycles. The number of carbonyl (C=O) groups is 3. The average molecular weight is 532 g/mol. The van der Waals surface area contributed by atoms with E-state index in [-0.39, 0.29) is 18.7 Å². The highest BCUT2D eigenvalue weighted by Crippen LogP contribution is 2.34. The van der Waals surface area contributed by atoms with E-state index in [1.54, 1.807) is 36.4 Å². The van der Waals surface area contributed by atoms with Gasteiger partial charge in [-0.1, -0.05) is 24.3 Å². The number of nitrogens with zero attached hydrogens (tertiary/aromatic N) is 1. The SMILES string of the molecule is O=C(Nc1ccc(C2OC(=O)N(Cc3ccc(F)cc3)C2C(=O)NCc2ccco2)cc1)c1ccc(F)cc1. The van der Waals surface area contributed by atoms with Gasteiger partial charge in [-0.25, -0.2) is 13.6 Å². The molecule has 2 N–H and O–H groups in total. The van der Waals surface area contributed by atoms with Crippen LogP contribution in [0.5, 0.6) is 0 Å². The van der Waals surface area contributed by atoms with Crippen molar-refractivity contribution in [2.24, 2.45) is 0 Å². The van der Waals surface area contributed by atoms with Gasteiger partial charge in [0.1, 0.15) is 17.4 Å². The summed E-state index contributed by atoms with van der Waals surface area (Å²) < 4.78 is 37.5. The van der Waals surface area contributed by atoms with Gasteiger partial charge in [0.2, 0.25) is 5.91 Å². The highest BCUT2D eigenvalue weighted by Gasteiger charge is 2.47. The van der Waals surface area contributed by atoms with Crippen molar-refractivity contribution >= 4 is 23.6 Å². The Morgan fingerprint density at radius 3 is 2.18 bits per heavy atom. The van der Waals surface area contributed by atoms with Crippen LogP contribution < -0.4 is 10.6 Å². The summed E-state index contributed by atoms with van der Waals surface area (Å²) in [6, 6.07) is 19.7. The van der Waals surface area contributed by atoms with E-state index in [0.717, 1.165) is 0 Å². The molecule has 1 fully saturated rings. The van der Waals surface area contributed by atoms with Crippen LogP contribution >= 0.6 is 0 Å². The fourth-order valence-electron chi connectivity index (χ4n) is 4.25. The second-order valence-electron chi connectivity index (χ2n) is 8.88. The average Bonchev–Trinajstić information content (AvgIpc) is 3.57. The molecule has 1 aromatic heterocycles. The molecule has 1 saturated heterocycles. The number of halogens is 2. The third-order valence-electron chi connectivity index (χ3n) is 6.24. The van der Waals surface area contributed by atoms with Crippen molar-refractivity contribution in [2.45, 2.75) is 25.2 Å². The van der Waals surface area contributed by atoms with Gasteiger partial charge in [0.15, 0.2) is 12.1 Å². The number of anilines is 1. The molecular weight excluding hydrogens is 508 g/mol. The Hall–Kier alpha value is -4.99. The molecule has 2 heterocycles. The lowest BCUT2D eigenvalue weighted by Gasteiger charge is -2.24. The molecule has 10 heteroatoms. The van der Waals surface area contributed by atoms with Gasteiger partial charge >= 0.3 is 6.09 Å². The second kappa shape index (κ2) is 11.2. The zero-order valence-electron chi connectivity index (χ0n) is 20.5. The Bertz CT molecular complexity index is 1460. The summed E-state index contributed by atoms with van der Waals surface area (Å²) in [5, 5.41) is 5.50. The third kappa shape index (κ3) is 5.96. The predicted molar refractivity (Wildman–Crippen MR) is 136 cm³/mol. The van der Waals surface area contributed by atoms with Crippen molar-refractivity contribution in [2.75, 3.05) is 5.32 Å². The van der Waals surface area contributed by atoms with E-state index in [0.29, 0.717) is 22.6 Å². The summed E-state index contributed by atoms with van der Waals surface area (Å²) in [7, 11) is 0. The maximum Gasteiger partial charge on any atom is 0.411 e. The highest BCUT2D eigenvalue weighted by molar-refractivity contribution is 6.04. The minimum absolute atomic E-state index is 0.0280. The van der Waals surface area contributed by atoms with Gasteiger partial charge in [0, 0.05) is 11.3 Å². The largest absolute Gasteiger partial charge is 0.467 e. The Morgan fingerprint density at radius 1 is 0.872 bits per heavy atom. The topological polar surface area (TPSA) is 101 Å². The first-order valence-corrected chi connectivity index (χ1v) is 12.1. The summed E-state index contributed by atoms with van der Waals surface area (Å²) in [5.41, 5.74) is 1.90. The summed E-state index contributed by atoms with van der Waals surface area (Å²) >= 11 is 0. The minimum Gasteiger partial charge on any atom is -0.467 e. The lowest BCUT2D eigenvalue weighted by Crippen LogP contribution is -2.46. The van der Waals surface area contributed by atoms with E-state index in [2.05, 4.69) is 10.6 Å². The van der Waals surface area contributed by atoms with E-state index < -0.39 is 41.7 Å². The predicted octanol–water partition coefficient (Wildman–Crippen LogP) is 5.19. The summed E-state index contributed by atoms with van der Waals surface area (Å²) in [4.78, 5) is 40.0. The lowest BCUT2D eigenvalue weighted by molar-refractivity contribution is -0.126. The number of amides is 3. The van der Waals surface area contributed by atoms with Crippen LogP contribution in [-0.2, 0) is 22.6 Å². The van der Waals surface area contributed by atoms with Gasteiger partial charge in [-0.15, -0.1) is 0 Å². The molecule has 0 aliphatic carbocycles. The van der Waals surface area contributed by atoms with Gasteiger partial charge in [-0.2, -0.15) is 0 Å². The second-order valence-corrected chi connectivity index (χ2v) is 8.88. The maximum absolute atomic E-state index is 13.4. The molecule has 0 bridgehead atoms. The normalized spacial score (nSPS) is 16.6. The van der Waals surface area contributed by atoms with Crippen molar-refractivity contribution in [3.05, 3.63) is 125 Å². The molecular formula is C29H23F2N3O5. The Labute approximate surface area is 222 Å². The molecule has 5 rings (SSSR count). The van der Waals surface area contributed by atoms with E-state index in [4.69, 9.17) is 9.15 Å². The summed E-state index contributed by atoms with van der Waals surface area (Å²) in [5.74, 6) is -1.21. The zero-order chi connectivity index (χ0) is 27.4. The van der Waals surface area contributed by atoms with Crippen LogP contribution in [0.1, 0.15) is 33.3 Å². The number of cyclic esters (lactones) is 1. The Morgan fingerprint density at radius 2 is 1.54 bits per heavy atom. The van der Waals surface area contributed by atoms with Crippen LogP contribution in [0.15, 0.2) is 95.6 Å². The van der Waals surface area contributed by atoms with Crippen LogP contribution in [0.25, 0.3) is 0 Å². The third-order valence-corrected chi connectivity index (χ3v) is 6.24. The fourth-order valence-corrected chi connectivity index (χ4v) is 4.25. The quantitative estimate of drug-likeness (QED) is 0.326. The number of benzene rings is 3. The van der Waals surface area contributed by atoms with E-state index in [1.165, 1.54) is 59.7 Å². The van der Waals surface area contributed by atoms with Crippen LogP contribution in [0.4, 0.5) is 19.3 Å². The zero-order valence-corrected chi connectivity index (χ0v) is 20.5. The van der Waals surface area contributed by atoms with Crippen LogP contribution in [0.2, 0.25) is 0 Å². The van der Waals surface area contributed by atoms with Gasteiger partial charge in [-0.3, -0.25) is 14.5 Å². The number of hydrogen-bond donors (Lipinski definition) is 2. The molecule has 39 heavy (non-hydrogen) atoms. The number of hydrogen-bond acceptors (Lipinski definition) is 5. The monoisotopic (exact) mass is 531 g/mol. The molecule has 3 amide bonds. The molecule has 8 nitrogen and oxygen atoms in total. The van der Waals surface area contributed by atoms with Crippen molar-refractivity contribution in [3.8, 4) is 0 Å².